The number of thiazole rings is 1. The molecule has 0 bridgehead atoms. The van der Waals surface area contributed by atoms with Crippen LogP contribution in [0.3, 0.4) is 0 Å². The van der Waals surface area contributed by atoms with Crippen LogP contribution in [0.25, 0.3) is 0 Å². The van der Waals surface area contributed by atoms with E-state index in [1.807, 2.05) is 0 Å². The number of nitrogens with two attached hydrogens (primary N) is 1. The number of nitrogens with zero attached hydrogens (tertiary/aromatic N) is 1. The van der Waals surface area contributed by atoms with E-state index in [2.05, 4.69) is 10.4 Å². The SMILES string of the molecule is NCCc1csc(CC2CCOC2)n1. The Kier molecular flexibility index (Phi) is 3.50. The van der Waals surface area contributed by atoms with E-state index >= 15 is 0 Å². The molecule has 0 saturated carbocycles. The van der Waals surface area contributed by atoms with Gasteiger partial charge in [-0.25, -0.2) is 4.98 Å². The third-order valence-electron chi connectivity index (χ3n) is 2.49. The van der Waals surface area contributed by atoms with Gasteiger partial charge in [-0.05, 0) is 18.9 Å². The molecule has 1 unspecified atom stereocenters. The fourth-order valence-electron chi connectivity index (χ4n) is 1.70. The summed E-state index contributed by atoms with van der Waals surface area (Å²) < 4.78 is 5.34. The smallest absolute Gasteiger partial charge is 0.0931 e. The zero-order valence-electron chi connectivity index (χ0n) is 8.24. The first-order chi connectivity index (χ1) is 6.88. The van der Waals surface area contributed by atoms with Gasteiger partial charge in [-0.2, -0.15) is 0 Å². The average Bonchev–Trinajstić information content (AvgIpc) is 2.79. The summed E-state index contributed by atoms with van der Waals surface area (Å²) in [5.74, 6) is 0.687. The molecule has 2 N–H and O–H groups in total. The van der Waals surface area contributed by atoms with Crippen molar-refractivity contribution < 1.29 is 4.74 Å². The second kappa shape index (κ2) is 4.87. The lowest BCUT2D eigenvalue weighted by Gasteiger charge is -2.02. The normalized spacial score (nSPS) is 21.6. The Morgan fingerprint density at radius 1 is 1.64 bits per heavy atom. The fraction of sp³-hybridized carbons (Fsp3) is 0.700. The summed E-state index contributed by atoms with van der Waals surface area (Å²) in [7, 11) is 0. The van der Waals surface area contributed by atoms with Gasteiger partial charge in [0.2, 0.25) is 0 Å². The molecule has 1 fully saturated rings. The number of hydrogen-bond donors (Lipinski definition) is 1. The van der Waals surface area contributed by atoms with E-state index in [0.717, 1.165) is 31.7 Å². The van der Waals surface area contributed by atoms with Gasteiger partial charge < -0.3 is 10.5 Å². The van der Waals surface area contributed by atoms with Crippen LogP contribution in [0.15, 0.2) is 5.38 Å². The van der Waals surface area contributed by atoms with E-state index in [0.29, 0.717) is 12.5 Å². The summed E-state index contributed by atoms with van der Waals surface area (Å²) in [6, 6.07) is 0. The Bertz CT molecular complexity index is 281. The van der Waals surface area contributed by atoms with E-state index in [-0.39, 0.29) is 0 Å². The summed E-state index contributed by atoms with van der Waals surface area (Å²) in [6.45, 7) is 2.52. The van der Waals surface area contributed by atoms with Crippen molar-refractivity contribution in [3.05, 3.63) is 16.1 Å². The van der Waals surface area contributed by atoms with Gasteiger partial charge in [0.1, 0.15) is 0 Å². The first kappa shape index (κ1) is 10.1. The van der Waals surface area contributed by atoms with Crippen LogP contribution < -0.4 is 5.73 Å². The second-order valence-corrected chi connectivity index (χ2v) is 4.65. The minimum Gasteiger partial charge on any atom is -0.381 e. The average molecular weight is 212 g/mol. The highest BCUT2D eigenvalue weighted by Crippen LogP contribution is 2.20. The van der Waals surface area contributed by atoms with Crippen molar-refractivity contribution in [3.8, 4) is 0 Å². The number of rotatable bonds is 4. The highest BCUT2D eigenvalue weighted by Gasteiger charge is 2.17. The molecule has 1 saturated heterocycles. The van der Waals surface area contributed by atoms with Gasteiger partial charge in [-0.15, -0.1) is 11.3 Å². The quantitative estimate of drug-likeness (QED) is 0.816. The van der Waals surface area contributed by atoms with E-state index in [1.165, 1.54) is 11.4 Å². The van der Waals surface area contributed by atoms with Gasteiger partial charge in [0, 0.05) is 31.4 Å². The predicted octanol–water partition coefficient (Wildman–Crippen LogP) is 1.22. The van der Waals surface area contributed by atoms with Crippen molar-refractivity contribution >= 4 is 11.3 Å². The molecular formula is C10H16N2OS. The molecule has 4 heteroatoms. The van der Waals surface area contributed by atoms with Crippen LogP contribution in [0, 0.1) is 5.92 Å². The zero-order chi connectivity index (χ0) is 9.80. The van der Waals surface area contributed by atoms with E-state index in [9.17, 15) is 0 Å². The van der Waals surface area contributed by atoms with Crippen LogP contribution in [-0.2, 0) is 17.6 Å². The van der Waals surface area contributed by atoms with Gasteiger partial charge in [0.15, 0.2) is 0 Å². The van der Waals surface area contributed by atoms with Crippen molar-refractivity contribution in [1.29, 1.82) is 0 Å². The van der Waals surface area contributed by atoms with Crippen LogP contribution in [0.5, 0.6) is 0 Å². The molecule has 0 spiro atoms. The van der Waals surface area contributed by atoms with Crippen molar-refractivity contribution in [1.82, 2.24) is 4.98 Å². The summed E-state index contributed by atoms with van der Waals surface area (Å²) in [4.78, 5) is 4.55. The van der Waals surface area contributed by atoms with Gasteiger partial charge in [-0.3, -0.25) is 0 Å². The third kappa shape index (κ3) is 2.53. The standard InChI is InChI=1S/C10H16N2OS/c11-3-1-9-7-14-10(12-9)5-8-2-4-13-6-8/h7-8H,1-6,11H2. The minimum atomic E-state index is 0.687. The number of ether oxygens (including phenoxy) is 1. The maximum Gasteiger partial charge on any atom is 0.0931 e. The topological polar surface area (TPSA) is 48.1 Å². The Morgan fingerprint density at radius 2 is 2.57 bits per heavy atom. The molecule has 0 radical (unpaired) electrons. The van der Waals surface area contributed by atoms with Crippen molar-refractivity contribution in [2.45, 2.75) is 19.3 Å². The maximum atomic E-state index is 5.48. The molecule has 78 valence electrons. The van der Waals surface area contributed by atoms with Crippen molar-refractivity contribution in [3.63, 3.8) is 0 Å². The van der Waals surface area contributed by atoms with Crippen LogP contribution >= 0.6 is 11.3 Å². The molecule has 0 aromatic carbocycles. The van der Waals surface area contributed by atoms with Gasteiger partial charge in [0.05, 0.1) is 10.7 Å². The molecule has 1 aliphatic heterocycles. The molecule has 1 aliphatic rings. The molecular weight excluding hydrogens is 196 g/mol. The number of hydrogen-bond acceptors (Lipinski definition) is 4. The second-order valence-electron chi connectivity index (χ2n) is 3.70. The van der Waals surface area contributed by atoms with Crippen LogP contribution in [0.4, 0.5) is 0 Å². The molecule has 2 rings (SSSR count). The Balaban J connectivity index is 1.88. The summed E-state index contributed by atoms with van der Waals surface area (Å²) in [5, 5.41) is 3.36. The molecule has 1 atom stereocenters. The van der Waals surface area contributed by atoms with Crippen LogP contribution in [0.1, 0.15) is 17.1 Å². The first-order valence-corrected chi connectivity index (χ1v) is 5.97. The summed E-state index contributed by atoms with van der Waals surface area (Å²) >= 11 is 1.75. The van der Waals surface area contributed by atoms with Crippen LogP contribution in [0.2, 0.25) is 0 Å². The molecule has 3 nitrogen and oxygen atoms in total. The largest absolute Gasteiger partial charge is 0.381 e. The monoisotopic (exact) mass is 212 g/mol. The van der Waals surface area contributed by atoms with Gasteiger partial charge in [0.25, 0.3) is 0 Å². The summed E-state index contributed by atoms with van der Waals surface area (Å²) in [5.41, 5.74) is 6.62. The Labute approximate surface area is 88.3 Å². The lowest BCUT2D eigenvalue weighted by atomic mass is 10.1. The Morgan fingerprint density at radius 3 is 3.29 bits per heavy atom. The summed E-state index contributed by atoms with van der Waals surface area (Å²) in [6.07, 6.45) is 3.17. The lowest BCUT2D eigenvalue weighted by molar-refractivity contribution is 0.186. The lowest BCUT2D eigenvalue weighted by Crippen LogP contribution is -2.05. The van der Waals surface area contributed by atoms with E-state index < -0.39 is 0 Å². The highest BCUT2D eigenvalue weighted by atomic mass is 32.1. The highest BCUT2D eigenvalue weighted by molar-refractivity contribution is 7.09. The molecule has 1 aromatic heterocycles. The third-order valence-corrected chi connectivity index (χ3v) is 3.41. The first-order valence-electron chi connectivity index (χ1n) is 5.09. The van der Waals surface area contributed by atoms with Crippen molar-refractivity contribution in [2.24, 2.45) is 11.7 Å². The van der Waals surface area contributed by atoms with Gasteiger partial charge in [-0.1, -0.05) is 0 Å². The van der Waals surface area contributed by atoms with E-state index in [1.54, 1.807) is 11.3 Å². The molecule has 1 aromatic rings. The van der Waals surface area contributed by atoms with Crippen molar-refractivity contribution in [2.75, 3.05) is 19.8 Å². The minimum absolute atomic E-state index is 0.687. The molecule has 0 aliphatic carbocycles. The van der Waals surface area contributed by atoms with Crippen LogP contribution in [-0.4, -0.2) is 24.7 Å². The van der Waals surface area contributed by atoms with E-state index in [4.69, 9.17) is 10.5 Å². The molecule has 2 heterocycles. The molecule has 0 amide bonds. The maximum absolute atomic E-state index is 5.48. The molecule has 14 heavy (non-hydrogen) atoms. The number of aromatic nitrogens is 1. The van der Waals surface area contributed by atoms with Gasteiger partial charge >= 0.3 is 0 Å². The zero-order valence-corrected chi connectivity index (χ0v) is 9.05. The fourth-order valence-corrected chi connectivity index (χ4v) is 2.64. The Hall–Kier alpha value is -0.450. The predicted molar refractivity (Wildman–Crippen MR) is 57.5 cm³/mol.